The molecule has 1 aliphatic carbocycles. The van der Waals surface area contributed by atoms with Gasteiger partial charge in [-0.05, 0) is 36.5 Å². The smallest absolute Gasteiger partial charge is 0.280 e. The van der Waals surface area contributed by atoms with Gasteiger partial charge in [0.2, 0.25) is 0 Å². The van der Waals surface area contributed by atoms with E-state index in [1.54, 1.807) is 7.11 Å². The fourth-order valence-corrected chi connectivity index (χ4v) is 4.13. The van der Waals surface area contributed by atoms with Crippen molar-refractivity contribution >= 4 is 10.2 Å². The number of benzene rings is 1. The average molecular weight is 326 g/mol. The first-order chi connectivity index (χ1) is 10.6. The van der Waals surface area contributed by atoms with Gasteiger partial charge in [0.05, 0.1) is 26.4 Å². The zero-order chi connectivity index (χ0) is 15.6. The number of methoxy groups -OCH3 is 1. The van der Waals surface area contributed by atoms with Crippen molar-refractivity contribution in [2.24, 2.45) is 5.92 Å². The van der Waals surface area contributed by atoms with Crippen molar-refractivity contribution in [3.05, 3.63) is 29.8 Å². The molecule has 0 radical (unpaired) electrons. The Hall–Kier alpha value is -1.15. The lowest BCUT2D eigenvalue weighted by atomic mass is 10.0. The van der Waals surface area contributed by atoms with Crippen LogP contribution in [0.5, 0.6) is 5.75 Å². The summed E-state index contributed by atoms with van der Waals surface area (Å²) in [7, 11) is -1.86. The molecular formula is C15H22N2O4S. The summed E-state index contributed by atoms with van der Waals surface area (Å²) in [6, 6.07) is 7.44. The van der Waals surface area contributed by atoms with E-state index in [1.807, 2.05) is 24.3 Å². The molecule has 3 rings (SSSR count). The van der Waals surface area contributed by atoms with Gasteiger partial charge in [-0.1, -0.05) is 12.1 Å². The molecule has 2 aliphatic rings. The van der Waals surface area contributed by atoms with Crippen molar-refractivity contribution in [2.45, 2.75) is 18.9 Å². The van der Waals surface area contributed by atoms with Crippen LogP contribution >= 0.6 is 0 Å². The van der Waals surface area contributed by atoms with Gasteiger partial charge in [0.1, 0.15) is 5.75 Å². The van der Waals surface area contributed by atoms with Gasteiger partial charge in [-0.3, -0.25) is 0 Å². The maximum absolute atomic E-state index is 12.6. The van der Waals surface area contributed by atoms with Crippen LogP contribution in [0.3, 0.4) is 0 Å². The van der Waals surface area contributed by atoms with E-state index in [0.717, 1.165) is 24.2 Å². The minimum atomic E-state index is -3.48. The fourth-order valence-electron chi connectivity index (χ4n) is 2.70. The minimum Gasteiger partial charge on any atom is -0.497 e. The van der Waals surface area contributed by atoms with Crippen molar-refractivity contribution in [3.63, 3.8) is 0 Å². The van der Waals surface area contributed by atoms with E-state index in [1.165, 1.54) is 4.31 Å². The maximum Gasteiger partial charge on any atom is 0.280 e. The molecule has 1 aliphatic heterocycles. The fraction of sp³-hybridized carbons (Fsp3) is 0.600. The second-order valence-electron chi connectivity index (χ2n) is 5.72. The molecule has 0 bridgehead atoms. The molecule has 0 amide bonds. The highest BCUT2D eigenvalue weighted by atomic mass is 32.2. The molecular weight excluding hydrogens is 304 g/mol. The van der Waals surface area contributed by atoms with Crippen molar-refractivity contribution in [1.29, 1.82) is 0 Å². The summed E-state index contributed by atoms with van der Waals surface area (Å²) in [5.41, 5.74) is 0.986. The Labute approximate surface area is 131 Å². The molecule has 7 heteroatoms. The van der Waals surface area contributed by atoms with Gasteiger partial charge in [0, 0.05) is 13.1 Å². The molecule has 122 valence electrons. The molecule has 0 aromatic heterocycles. The minimum absolute atomic E-state index is 0.168. The Morgan fingerprint density at radius 3 is 2.41 bits per heavy atom. The van der Waals surface area contributed by atoms with Crippen LogP contribution in [0.1, 0.15) is 24.4 Å². The maximum atomic E-state index is 12.6. The highest BCUT2D eigenvalue weighted by Gasteiger charge is 2.37. The number of hydrogen-bond acceptors (Lipinski definition) is 4. The number of morpholine rings is 1. The van der Waals surface area contributed by atoms with Crippen molar-refractivity contribution in [3.8, 4) is 5.75 Å². The van der Waals surface area contributed by atoms with Crippen molar-refractivity contribution in [1.82, 2.24) is 9.03 Å². The highest BCUT2D eigenvalue weighted by molar-refractivity contribution is 7.87. The lowest BCUT2D eigenvalue weighted by molar-refractivity contribution is 0.0722. The molecule has 1 aromatic carbocycles. The monoisotopic (exact) mass is 326 g/mol. The summed E-state index contributed by atoms with van der Waals surface area (Å²) in [6.07, 6.45) is 2.12. The van der Waals surface area contributed by atoms with Crippen molar-refractivity contribution in [2.75, 3.05) is 33.4 Å². The molecule has 6 nitrogen and oxygen atoms in total. The molecule has 1 heterocycles. The summed E-state index contributed by atoms with van der Waals surface area (Å²) in [4.78, 5) is 0. The molecule has 1 N–H and O–H groups in total. The third-order valence-corrected chi connectivity index (χ3v) is 5.75. The van der Waals surface area contributed by atoms with E-state index < -0.39 is 10.2 Å². The quantitative estimate of drug-likeness (QED) is 0.856. The zero-order valence-corrected chi connectivity index (χ0v) is 13.5. The normalized spacial score (nSPS) is 21.5. The molecule has 0 spiro atoms. The SMILES string of the molecule is COc1ccc(C(NS(=O)(=O)N2CCOCC2)C2CC2)cc1. The van der Waals surface area contributed by atoms with Crippen LogP contribution in [-0.4, -0.2) is 46.1 Å². The van der Waals surface area contributed by atoms with Crippen LogP contribution < -0.4 is 9.46 Å². The van der Waals surface area contributed by atoms with E-state index in [2.05, 4.69) is 4.72 Å². The van der Waals surface area contributed by atoms with E-state index >= 15 is 0 Å². The first-order valence-electron chi connectivity index (χ1n) is 7.59. The van der Waals surface area contributed by atoms with Crippen LogP contribution in [-0.2, 0) is 14.9 Å². The molecule has 1 saturated heterocycles. The summed E-state index contributed by atoms with van der Waals surface area (Å²) in [5, 5.41) is 0. The van der Waals surface area contributed by atoms with Gasteiger partial charge < -0.3 is 9.47 Å². The van der Waals surface area contributed by atoms with Gasteiger partial charge in [0.25, 0.3) is 10.2 Å². The largest absolute Gasteiger partial charge is 0.497 e. The predicted molar refractivity (Wildman–Crippen MR) is 82.9 cm³/mol. The average Bonchev–Trinajstić information content (AvgIpc) is 3.38. The molecule has 22 heavy (non-hydrogen) atoms. The summed E-state index contributed by atoms with van der Waals surface area (Å²) in [6.45, 7) is 1.74. The Morgan fingerprint density at radius 2 is 1.86 bits per heavy atom. The second kappa shape index (κ2) is 6.54. The Morgan fingerprint density at radius 1 is 1.23 bits per heavy atom. The van der Waals surface area contributed by atoms with Gasteiger partial charge in [-0.2, -0.15) is 17.4 Å². The highest BCUT2D eigenvalue weighted by Crippen LogP contribution is 2.41. The zero-order valence-electron chi connectivity index (χ0n) is 12.7. The third kappa shape index (κ3) is 3.60. The summed E-state index contributed by atoms with van der Waals surface area (Å²) >= 11 is 0. The van der Waals surface area contributed by atoms with E-state index in [0.29, 0.717) is 32.2 Å². The van der Waals surface area contributed by atoms with E-state index in [4.69, 9.17) is 9.47 Å². The number of nitrogens with zero attached hydrogens (tertiary/aromatic N) is 1. The first kappa shape index (κ1) is 15.7. The number of hydrogen-bond donors (Lipinski definition) is 1. The van der Waals surface area contributed by atoms with Crippen LogP contribution in [0, 0.1) is 5.92 Å². The molecule has 1 aromatic rings. The standard InChI is InChI=1S/C15H22N2O4S/c1-20-14-6-4-13(5-7-14)15(12-2-3-12)16-22(18,19)17-8-10-21-11-9-17/h4-7,12,15-16H,2-3,8-11H2,1H3. The Bertz CT molecular complexity index is 592. The lowest BCUT2D eigenvalue weighted by Gasteiger charge is -2.29. The Kier molecular flexibility index (Phi) is 4.67. The van der Waals surface area contributed by atoms with Gasteiger partial charge >= 0.3 is 0 Å². The van der Waals surface area contributed by atoms with Crippen molar-refractivity contribution < 1.29 is 17.9 Å². The number of rotatable bonds is 6. The Balaban J connectivity index is 1.76. The predicted octanol–water partition coefficient (Wildman–Crippen LogP) is 1.31. The summed E-state index contributed by atoms with van der Waals surface area (Å²) in [5.74, 6) is 1.15. The second-order valence-corrected chi connectivity index (χ2v) is 7.42. The molecule has 2 fully saturated rings. The van der Waals surface area contributed by atoms with Gasteiger partial charge in [-0.15, -0.1) is 0 Å². The molecule has 1 atom stereocenters. The van der Waals surface area contributed by atoms with Crippen LogP contribution in [0.15, 0.2) is 24.3 Å². The van der Waals surface area contributed by atoms with Crippen LogP contribution in [0.2, 0.25) is 0 Å². The topological polar surface area (TPSA) is 67.9 Å². The first-order valence-corrected chi connectivity index (χ1v) is 9.03. The van der Waals surface area contributed by atoms with E-state index in [9.17, 15) is 8.42 Å². The number of ether oxygens (including phenoxy) is 2. The number of nitrogens with one attached hydrogen (secondary N) is 1. The van der Waals surface area contributed by atoms with Gasteiger partial charge in [0.15, 0.2) is 0 Å². The van der Waals surface area contributed by atoms with E-state index in [-0.39, 0.29) is 6.04 Å². The van der Waals surface area contributed by atoms with Gasteiger partial charge in [-0.25, -0.2) is 0 Å². The van der Waals surface area contributed by atoms with Crippen LogP contribution in [0.4, 0.5) is 0 Å². The lowest BCUT2D eigenvalue weighted by Crippen LogP contribution is -2.47. The molecule has 1 saturated carbocycles. The third-order valence-electron chi connectivity index (χ3n) is 4.15. The van der Waals surface area contributed by atoms with Crippen LogP contribution in [0.25, 0.3) is 0 Å². The summed E-state index contributed by atoms with van der Waals surface area (Å²) < 4.78 is 39.8. The molecule has 1 unspecified atom stereocenters.